The molecule has 3 aliphatic rings. The third-order valence-electron chi connectivity index (χ3n) is 10.5. The Hall–Kier alpha value is -4.29. The van der Waals surface area contributed by atoms with Crippen molar-refractivity contribution >= 4 is 33.4 Å². The molecule has 258 valence electrons. The Morgan fingerprint density at radius 2 is 1.92 bits per heavy atom. The molecule has 3 aliphatic heterocycles. The molecule has 2 aromatic heterocycles. The first-order chi connectivity index (χ1) is 23.5. The van der Waals surface area contributed by atoms with Crippen LogP contribution in [0.5, 0.6) is 6.01 Å². The highest BCUT2D eigenvalue weighted by molar-refractivity contribution is 6.00. The second-order valence-corrected chi connectivity index (χ2v) is 14.0. The number of hydrogen-bond acceptors (Lipinski definition) is 8. The number of amides is 1. The number of ether oxygens (including phenoxy) is 1. The van der Waals surface area contributed by atoms with E-state index >= 15 is 4.39 Å². The molecule has 0 aliphatic carbocycles. The minimum absolute atomic E-state index is 0.00215. The van der Waals surface area contributed by atoms with Crippen LogP contribution in [0.15, 0.2) is 48.7 Å². The minimum atomic E-state index is -0.919. The normalized spacial score (nSPS) is 22.7. The number of rotatable bonds is 9. The Morgan fingerprint density at radius 1 is 1.08 bits per heavy atom. The molecule has 1 unspecified atom stereocenters. The highest BCUT2D eigenvalue weighted by Gasteiger charge is 2.49. The fourth-order valence-electron chi connectivity index (χ4n) is 7.78. The van der Waals surface area contributed by atoms with Crippen molar-refractivity contribution in [3.63, 3.8) is 0 Å². The van der Waals surface area contributed by atoms with E-state index < -0.39 is 17.5 Å². The number of alkyl halides is 1. The van der Waals surface area contributed by atoms with Crippen molar-refractivity contribution in [2.45, 2.75) is 50.4 Å². The number of nitrogens with zero attached hydrogens (tertiary/aromatic N) is 7. The minimum Gasteiger partial charge on any atom is -0.461 e. The molecule has 2 aromatic carbocycles. The summed E-state index contributed by atoms with van der Waals surface area (Å²) < 4.78 is 52.0. The van der Waals surface area contributed by atoms with Crippen molar-refractivity contribution in [2.75, 3.05) is 65.4 Å². The topological polar surface area (TPSA) is 77.9 Å². The maximum Gasteiger partial charge on any atom is 0.319 e. The molecular weight excluding hydrogens is 631 g/mol. The Balaban J connectivity index is 1.26. The first kappa shape index (κ1) is 33.2. The van der Waals surface area contributed by atoms with Crippen LogP contribution in [0.4, 0.5) is 19.0 Å². The number of aryl methyl sites for hydroxylation is 1. The molecule has 0 N–H and O–H groups in total. The summed E-state index contributed by atoms with van der Waals surface area (Å²) in [6.45, 7) is 4.81. The molecule has 12 heteroatoms. The van der Waals surface area contributed by atoms with Crippen LogP contribution in [0.1, 0.15) is 31.2 Å². The van der Waals surface area contributed by atoms with E-state index in [2.05, 4.69) is 14.9 Å². The van der Waals surface area contributed by atoms with Gasteiger partial charge in [0.15, 0.2) is 5.82 Å². The predicted molar refractivity (Wildman–Crippen MR) is 185 cm³/mol. The van der Waals surface area contributed by atoms with Crippen molar-refractivity contribution in [1.82, 2.24) is 29.7 Å². The van der Waals surface area contributed by atoms with E-state index in [0.717, 1.165) is 19.4 Å². The average molecular weight is 674 g/mol. The molecule has 3 saturated heterocycles. The molecule has 9 nitrogen and oxygen atoms in total. The number of carbonyl (C=O) groups is 1. The van der Waals surface area contributed by atoms with Crippen molar-refractivity contribution in [3.8, 4) is 17.3 Å². The molecule has 0 spiro atoms. The number of pyridine rings is 1. The smallest absolute Gasteiger partial charge is 0.319 e. The fraction of sp³-hybridized carbons (Fsp3) is 0.459. The quantitative estimate of drug-likeness (QED) is 0.215. The maximum atomic E-state index is 16.8. The van der Waals surface area contributed by atoms with Gasteiger partial charge in [-0.2, -0.15) is 9.97 Å². The van der Waals surface area contributed by atoms with Crippen molar-refractivity contribution in [2.24, 2.45) is 0 Å². The number of hydrogen-bond donors (Lipinski definition) is 0. The summed E-state index contributed by atoms with van der Waals surface area (Å²) in [6.07, 6.45) is 6.96. The fourth-order valence-corrected chi connectivity index (χ4v) is 7.78. The number of likely N-dealkylation sites (N-methyl/N-ethyl adjacent to an activating group) is 2. The number of halogens is 3. The lowest BCUT2D eigenvalue weighted by atomic mass is 9.95. The number of aromatic nitrogens is 3. The van der Waals surface area contributed by atoms with Crippen LogP contribution in [-0.2, 0) is 4.79 Å². The average Bonchev–Trinajstić information content (AvgIpc) is 3.80. The van der Waals surface area contributed by atoms with E-state index in [1.807, 2.05) is 43.1 Å². The van der Waals surface area contributed by atoms with Crippen molar-refractivity contribution < 1.29 is 22.7 Å². The summed E-state index contributed by atoms with van der Waals surface area (Å²) in [5, 5.41) is 1.75. The standard InChI is InChI=1S/C37H42F3N7O2/c1-23-26-8-5-9-28(27(26)11-12-30(23)39)33-32(40)34-29(19-41-33)35(45(4)25-13-17-46(21-25)31(48)10-6-15-44(2)3)43-36(42-34)49-22-37-14-7-16-47(37)20-24(38)18-37/h5-6,8-12,19,24-25H,7,13-18,20-22H2,1-4H3/b10-6+/t24-,25-,37?/m1/s1. The highest BCUT2D eigenvalue weighted by atomic mass is 19.1. The van der Waals surface area contributed by atoms with Crippen LogP contribution in [0.2, 0.25) is 0 Å². The lowest BCUT2D eigenvalue weighted by Crippen LogP contribution is -2.43. The van der Waals surface area contributed by atoms with Gasteiger partial charge < -0.3 is 19.4 Å². The summed E-state index contributed by atoms with van der Waals surface area (Å²) in [7, 11) is 5.76. The van der Waals surface area contributed by atoms with Gasteiger partial charge in [0, 0.05) is 63.5 Å². The van der Waals surface area contributed by atoms with Gasteiger partial charge in [0.05, 0.1) is 10.9 Å². The third-order valence-corrected chi connectivity index (χ3v) is 10.5. The van der Waals surface area contributed by atoms with Gasteiger partial charge in [-0.05, 0) is 69.2 Å². The Bertz CT molecular complexity index is 1940. The van der Waals surface area contributed by atoms with Crippen LogP contribution < -0.4 is 9.64 Å². The Morgan fingerprint density at radius 3 is 2.73 bits per heavy atom. The molecule has 5 heterocycles. The third kappa shape index (κ3) is 6.20. The van der Waals surface area contributed by atoms with Gasteiger partial charge in [-0.25, -0.2) is 13.2 Å². The zero-order valence-electron chi connectivity index (χ0n) is 28.4. The summed E-state index contributed by atoms with van der Waals surface area (Å²) in [5.41, 5.74) is 0.682. The molecule has 4 aromatic rings. The molecule has 0 saturated carbocycles. The molecule has 1 amide bonds. The van der Waals surface area contributed by atoms with Gasteiger partial charge >= 0.3 is 6.01 Å². The lowest BCUT2D eigenvalue weighted by molar-refractivity contribution is -0.125. The highest BCUT2D eigenvalue weighted by Crippen LogP contribution is 2.41. The zero-order chi connectivity index (χ0) is 34.4. The lowest BCUT2D eigenvalue weighted by Gasteiger charge is -2.31. The number of anilines is 1. The largest absolute Gasteiger partial charge is 0.461 e. The van der Waals surface area contributed by atoms with Gasteiger partial charge in [0.2, 0.25) is 5.91 Å². The number of fused-ring (bicyclic) bond motifs is 3. The van der Waals surface area contributed by atoms with E-state index in [9.17, 15) is 13.6 Å². The molecule has 0 bridgehead atoms. The van der Waals surface area contributed by atoms with E-state index in [1.165, 1.54) is 6.07 Å². The summed E-state index contributed by atoms with van der Waals surface area (Å²) in [4.78, 5) is 34.8. The second kappa shape index (κ2) is 13.2. The first-order valence-corrected chi connectivity index (χ1v) is 16.9. The van der Waals surface area contributed by atoms with Gasteiger partial charge in [0.1, 0.15) is 35.6 Å². The van der Waals surface area contributed by atoms with Crippen LogP contribution in [0.25, 0.3) is 32.9 Å². The Labute approximate surface area is 284 Å². The number of benzene rings is 2. The van der Waals surface area contributed by atoms with E-state index in [4.69, 9.17) is 9.72 Å². The SMILES string of the molecule is Cc1c(F)ccc2c(-c3ncc4c(N(C)[C@@H]5CCN(C(=O)/C=C/CN(C)C)C5)nc(OCC56CCCN5C[C@H](F)C6)nc4c3F)cccc12. The molecule has 3 fully saturated rings. The molecule has 3 atom stereocenters. The second-order valence-electron chi connectivity index (χ2n) is 14.0. The van der Waals surface area contributed by atoms with Crippen LogP contribution in [0, 0.1) is 18.6 Å². The van der Waals surface area contributed by atoms with Crippen LogP contribution >= 0.6 is 0 Å². The van der Waals surface area contributed by atoms with Gasteiger partial charge in [-0.1, -0.05) is 30.3 Å². The zero-order valence-corrected chi connectivity index (χ0v) is 28.4. The van der Waals surface area contributed by atoms with Crippen LogP contribution in [-0.4, -0.2) is 114 Å². The maximum absolute atomic E-state index is 16.8. The molecule has 7 rings (SSSR count). The Kier molecular flexibility index (Phi) is 8.95. The molecular formula is C37H42F3N7O2. The number of carbonyl (C=O) groups excluding carboxylic acids is 1. The van der Waals surface area contributed by atoms with Gasteiger partial charge in [-0.15, -0.1) is 0 Å². The summed E-state index contributed by atoms with van der Waals surface area (Å²) >= 11 is 0. The number of likely N-dealkylation sites (tertiary alicyclic amines) is 1. The first-order valence-electron chi connectivity index (χ1n) is 16.9. The van der Waals surface area contributed by atoms with Gasteiger partial charge in [0.25, 0.3) is 0 Å². The monoisotopic (exact) mass is 673 g/mol. The summed E-state index contributed by atoms with van der Waals surface area (Å²) in [5.74, 6) is -0.600. The molecule has 0 radical (unpaired) electrons. The summed E-state index contributed by atoms with van der Waals surface area (Å²) in [6, 6.07) is 8.26. The van der Waals surface area contributed by atoms with Crippen LogP contribution in [0.3, 0.4) is 0 Å². The van der Waals surface area contributed by atoms with Crippen molar-refractivity contribution in [3.05, 3.63) is 65.9 Å². The molecule has 49 heavy (non-hydrogen) atoms. The van der Waals surface area contributed by atoms with Crippen molar-refractivity contribution in [1.29, 1.82) is 0 Å². The van der Waals surface area contributed by atoms with E-state index in [0.29, 0.717) is 72.1 Å². The van der Waals surface area contributed by atoms with E-state index in [1.54, 1.807) is 42.3 Å². The predicted octanol–water partition coefficient (Wildman–Crippen LogP) is 5.54. The van der Waals surface area contributed by atoms with Gasteiger partial charge in [-0.3, -0.25) is 14.7 Å². The van der Waals surface area contributed by atoms with E-state index in [-0.39, 0.29) is 41.6 Å².